The molecule has 0 radical (unpaired) electrons. The second kappa shape index (κ2) is 2.89. The van der Waals surface area contributed by atoms with Crippen LogP contribution in [0.25, 0.3) is 0 Å². The maximum Gasteiger partial charge on any atom is 0.169 e. The minimum absolute atomic E-state index is 0.388. The zero-order chi connectivity index (χ0) is 8.60. The minimum atomic E-state index is 0.388. The molecule has 1 N–H and O–H groups in total. The van der Waals surface area contributed by atoms with Crippen molar-refractivity contribution in [1.29, 1.82) is 0 Å². The van der Waals surface area contributed by atoms with Crippen LogP contribution in [-0.2, 0) is 6.54 Å². The summed E-state index contributed by atoms with van der Waals surface area (Å²) in [4.78, 5) is 0. The highest BCUT2D eigenvalue weighted by atomic mass is 79.9. The Hall–Kier alpha value is -0.280. The van der Waals surface area contributed by atoms with Gasteiger partial charge in [0.1, 0.15) is 5.76 Å². The molecular weight excluding hydrogens is 218 g/mol. The minimum Gasteiger partial charge on any atom is -0.453 e. The van der Waals surface area contributed by atoms with Crippen LogP contribution in [0.4, 0.5) is 0 Å². The molecule has 1 saturated carbocycles. The first-order valence-corrected chi connectivity index (χ1v) is 4.97. The zero-order valence-corrected chi connectivity index (χ0v) is 8.65. The predicted octanol–water partition coefficient (Wildman–Crippen LogP) is 2.68. The van der Waals surface area contributed by atoms with Crippen molar-refractivity contribution >= 4 is 15.9 Å². The van der Waals surface area contributed by atoms with Gasteiger partial charge in [0.25, 0.3) is 0 Å². The first-order chi connectivity index (χ1) is 5.68. The molecule has 1 aromatic rings. The van der Waals surface area contributed by atoms with Crippen molar-refractivity contribution in [3.8, 4) is 0 Å². The second-order valence-electron chi connectivity index (χ2n) is 3.62. The summed E-state index contributed by atoms with van der Waals surface area (Å²) in [5.74, 6) is 0.995. The van der Waals surface area contributed by atoms with Gasteiger partial charge >= 0.3 is 0 Å². The van der Waals surface area contributed by atoms with Gasteiger partial charge in [0.2, 0.25) is 0 Å². The fourth-order valence-electron chi connectivity index (χ4n) is 1.11. The van der Waals surface area contributed by atoms with E-state index in [1.165, 1.54) is 12.8 Å². The summed E-state index contributed by atoms with van der Waals surface area (Å²) >= 11 is 3.27. The Labute approximate surface area is 80.5 Å². The van der Waals surface area contributed by atoms with Crippen LogP contribution < -0.4 is 5.32 Å². The molecule has 3 heteroatoms. The Morgan fingerprint density at radius 2 is 2.33 bits per heavy atom. The Bertz CT molecular complexity index is 278. The fraction of sp³-hybridized carbons (Fsp3) is 0.556. The molecule has 1 aliphatic carbocycles. The molecular formula is C9H12BrNO. The van der Waals surface area contributed by atoms with Crippen LogP contribution in [0, 0.1) is 0 Å². The Morgan fingerprint density at radius 3 is 2.83 bits per heavy atom. The second-order valence-corrected chi connectivity index (χ2v) is 4.40. The molecule has 1 heterocycles. The fourth-order valence-corrected chi connectivity index (χ4v) is 1.45. The average molecular weight is 230 g/mol. The van der Waals surface area contributed by atoms with Gasteiger partial charge in [-0.25, -0.2) is 0 Å². The SMILES string of the molecule is CC1(NCc2ccc(Br)o2)CC1. The van der Waals surface area contributed by atoms with Crippen LogP contribution in [0.15, 0.2) is 21.2 Å². The molecule has 0 amide bonds. The van der Waals surface area contributed by atoms with Gasteiger partial charge < -0.3 is 9.73 Å². The van der Waals surface area contributed by atoms with Crippen molar-refractivity contribution in [3.63, 3.8) is 0 Å². The molecule has 0 unspecified atom stereocenters. The Balaban J connectivity index is 1.87. The third-order valence-electron chi connectivity index (χ3n) is 2.32. The van der Waals surface area contributed by atoms with Crippen molar-refractivity contribution in [2.75, 3.05) is 0 Å². The van der Waals surface area contributed by atoms with E-state index in [1.807, 2.05) is 12.1 Å². The quantitative estimate of drug-likeness (QED) is 0.863. The normalized spacial score (nSPS) is 19.5. The van der Waals surface area contributed by atoms with E-state index < -0.39 is 0 Å². The summed E-state index contributed by atoms with van der Waals surface area (Å²) in [6, 6.07) is 3.91. The Kier molecular flexibility index (Phi) is 2.00. The van der Waals surface area contributed by atoms with Gasteiger partial charge in [-0.1, -0.05) is 0 Å². The van der Waals surface area contributed by atoms with Gasteiger partial charge in [-0.3, -0.25) is 0 Å². The number of hydrogen-bond acceptors (Lipinski definition) is 2. The van der Waals surface area contributed by atoms with Crippen LogP contribution in [0.3, 0.4) is 0 Å². The van der Waals surface area contributed by atoms with E-state index in [1.54, 1.807) is 0 Å². The van der Waals surface area contributed by atoms with Crippen molar-refractivity contribution in [3.05, 3.63) is 22.6 Å². The highest BCUT2D eigenvalue weighted by Gasteiger charge is 2.36. The lowest BCUT2D eigenvalue weighted by Crippen LogP contribution is -2.26. The van der Waals surface area contributed by atoms with E-state index in [9.17, 15) is 0 Å². The molecule has 2 rings (SSSR count). The standard InChI is InChI=1S/C9H12BrNO/c1-9(4-5-9)11-6-7-2-3-8(10)12-7/h2-3,11H,4-6H2,1H3. The Morgan fingerprint density at radius 1 is 1.58 bits per heavy atom. The van der Waals surface area contributed by atoms with E-state index >= 15 is 0 Å². The monoisotopic (exact) mass is 229 g/mol. The first-order valence-electron chi connectivity index (χ1n) is 4.17. The lowest BCUT2D eigenvalue weighted by Gasteiger charge is -2.08. The summed E-state index contributed by atoms with van der Waals surface area (Å²) in [5, 5.41) is 3.45. The van der Waals surface area contributed by atoms with Gasteiger partial charge in [0, 0.05) is 5.54 Å². The number of hydrogen-bond donors (Lipinski definition) is 1. The van der Waals surface area contributed by atoms with Gasteiger partial charge in [-0.2, -0.15) is 0 Å². The first kappa shape index (κ1) is 8.32. The summed E-state index contributed by atoms with van der Waals surface area (Å²) in [5.41, 5.74) is 0.388. The molecule has 1 fully saturated rings. The summed E-state index contributed by atoms with van der Waals surface area (Å²) in [6.45, 7) is 3.08. The van der Waals surface area contributed by atoms with Crippen LogP contribution >= 0.6 is 15.9 Å². The molecule has 1 aliphatic rings. The number of nitrogens with one attached hydrogen (secondary N) is 1. The van der Waals surface area contributed by atoms with E-state index in [-0.39, 0.29) is 0 Å². The van der Waals surface area contributed by atoms with E-state index in [4.69, 9.17) is 4.42 Å². The molecule has 0 aromatic carbocycles. The largest absolute Gasteiger partial charge is 0.453 e. The van der Waals surface area contributed by atoms with Gasteiger partial charge in [0.05, 0.1) is 6.54 Å². The summed E-state index contributed by atoms with van der Waals surface area (Å²) in [6.07, 6.45) is 2.57. The summed E-state index contributed by atoms with van der Waals surface area (Å²) in [7, 11) is 0. The zero-order valence-electron chi connectivity index (χ0n) is 7.06. The van der Waals surface area contributed by atoms with Crippen LogP contribution in [0.1, 0.15) is 25.5 Å². The van der Waals surface area contributed by atoms with Crippen molar-refractivity contribution in [2.24, 2.45) is 0 Å². The van der Waals surface area contributed by atoms with Crippen LogP contribution in [-0.4, -0.2) is 5.54 Å². The van der Waals surface area contributed by atoms with Gasteiger partial charge in [0.15, 0.2) is 4.67 Å². The van der Waals surface area contributed by atoms with E-state index in [0.29, 0.717) is 5.54 Å². The molecule has 0 aliphatic heterocycles. The third-order valence-corrected chi connectivity index (χ3v) is 2.74. The highest BCUT2D eigenvalue weighted by molar-refractivity contribution is 9.10. The highest BCUT2D eigenvalue weighted by Crippen LogP contribution is 2.34. The molecule has 66 valence electrons. The predicted molar refractivity (Wildman–Crippen MR) is 50.9 cm³/mol. The van der Waals surface area contributed by atoms with Gasteiger partial charge in [-0.15, -0.1) is 0 Å². The summed E-state index contributed by atoms with van der Waals surface area (Å²) < 4.78 is 6.17. The molecule has 2 nitrogen and oxygen atoms in total. The number of furan rings is 1. The van der Waals surface area contributed by atoms with Crippen molar-refractivity contribution in [1.82, 2.24) is 5.32 Å². The van der Waals surface area contributed by atoms with E-state index in [2.05, 4.69) is 28.2 Å². The average Bonchev–Trinajstić information content (AvgIpc) is 2.60. The topological polar surface area (TPSA) is 25.2 Å². The molecule has 1 aromatic heterocycles. The van der Waals surface area contributed by atoms with Crippen molar-refractivity contribution in [2.45, 2.75) is 31.8 Å². The van der Waals surface area contributed by atoms with Crippen molar-refractivity contribution < 1.29 is 4.42 Å². The molecule has 0 bridgehead atoms. The number of halogens is 1. The number of rotatable bonds is 3. The van der Waals surface area contributed by atoms with Crippen LogP contribution in [0.2, 0.25) is 0 Å². The molecule has 0 spiro atoms. The molecule has 0 atom stereocenters. The maximum atomic E-state index is 5.36. The van der Waals surface area contributed by atoms with Crippen LogP contribution in [0.5, 0.6) is 0 Å². The lowest BCUT2D eigenvalue weighted by atomic mass is 10.3. The maximum absolute atomic E-state index is 5.36. The van der Waals surface area contributed by atoms with E-state index in [0.717, 1.165) is 17.0 Å². The smallest absolute Gasteiger partial charge is 0.169 e. The van der Waals surface area contributed by atoms with Gasteiger partial charge in [-0.05, 0) is 47.8 Å². The third kappa shape index (κ3) is 1.90. The lowest BCUT2D eigenvalue weighted by molar-refractivity contribution is 0.436. The molecule has 0 saturated heterocycles. The molecule has 12 heavy (non-hydrogen) atoms.